The second-order valence-corrected chi connectivity index (χ2v) is 5.47. The normalized spacial score (nSPS) is 29.7. The Morgan fingerprint density at radius 3 is 2.94 bits per heavy atom. The highest BCUT2D eigenvalue weighted by molar-refractivity contribution is 5.41. The van der Waals surface area contributed by atoms with Crippen molar-refractivity contribution in [3.8, 4) is 0 Å². The number of rotatable bonds is 3. The van der Waals surface area contributed by atoms with Crippen LogP contribution in [0.15, 0.2) is 24.3 Å². The van der Waals surface area contributed by atoms with Crippen molar-refractivity contribution >= 4 is 5.69 Å². The summed E-state index contributed by atoms with van der Waals surface area (Å²) in [4.78, 5) is 2.45. The fourth-order valence-corrected chi connectivity index (χ4v) is 3.34. The Balaban J connectivity index is 1.65. The molecule has 17 heavy (non-hydrogen) atoms. The van der Waals surface area contributed by atoms with Gasteiger partial charge in [0.15, 0.2) is 0 Å². The first-order valence-corrected chi connectivity index (χ1v) is 6.50. The molecule has 2 bridgehead atoms. The number of fused-ring (bicyclic) bond motifs is 2. The maximum absolute atomic E-state index is 10.2. The number of piperidine rings is 1. The van der Waals surface area contributed by atoms with E-state index in [1.165, 1.54) is 25.8 Å². The molecule has 1 heterocycles. The number of hydrogen-bond donors (Lipinski definition) is 2. The van der Waals surface area contributed by atoms with Gasteiger partial charge in [-0.05, 0) is 42.9 Å². The molecule has 3 rings (SSSR count). The van der Waals surface area contributed by atoms with Crippen molar-refractivity contribution in [3.05, 3.63) is 29.8 Å². The highest BCUT2D eigenvalue weighted by Gasteiger charge is 2.38. The van der Waals surface area contributed by atoms with Gasteiger partial charge >= 0.3 is 0 Å². The van der Waals surface area contributed by atoms with Gasteiger partial charge in [0.2, 0.25) is 0 Å². The number of aliphatic hydroxyl groups excluding tert-OH is 1. The molecule has 0 spiro atoms. The van der Waals surface area contributed by atoms with Gasteiger partial charge in [0.1, 0.15) is 0 Å². The third kappa shape index (κ3) is 2.17. The second kappa shape index (κ2) is 4.31. The third-order valence-corrected chi connectivity index (χ3v) is 4.23. The van der Waals surface area contributed by atoms with E-state index in [0.717, 1.165) is 29.8 Å². The summed E-state index contributed by atoms with van der Waals surface area (Å²) >= 11 is 0. The Labute approximate surface area is 102 Å². The smallest absolute Gasteiger partial charge is 0.0917 e. The fourth-order valence-electron chi connectivity index (χ4n) is 3.34. The largest absolute Gasteiger partial charge is 0.399 e. The van der Waals surface area contributed by atoms with Crippen molar-refractivity contribution in [1.29, 1.82) is 0 Å². The molecule has 0 radical (unpaired) electrons. The van der Waals surface area contributed by atoms with E-state index >= 15 is 0 Å². The van der Waals surface area contributed by atoms with Gasteiger partial charge in [-0.2, -0.15) is 0 Å². The molecule has 0 aromatic heterocycles. The first-order chi connectivity index (χ1) is 8.22. The predicted octanol–water partition coefficient (Wildman–Crippen LogP) is 1.79. The van der Waals surface area contributed by atoms with Gasteiger partial charge in [-0.15, -0.1) is 0 Å². The second-order valence-electron chi connectivity index (χ2n) is 5.47. The van der Waals surface area contributed by atoms with E-state index < -0.39 is 6.10 Å². The van der Waals surface area contributed by atoms with Crippen LogP contribution >= 0.6 is 0 Å². The molecule has 2 fully saturated rings. The van der Waals surface area contributed by atoms with Crippen LogP contribution in [0.2, 0.25) is 0 Å². The van der Waals surface area contributed by atoms with Crippen LogP contribution in [0.3, 0.4) is 0 Å². The number of anilines is 1. The number of aliphatic hydroxyl groups is 1. The number of likely N-dealkylation sites (tertiary alicyclic amines) is 1. The van der Waals surface area contributed by atoms with Crippen molar-refractivity contribution in [2.24, 2.45) is 5.92 Å². The first kappa shape index (κ1) is 11.1. The lowest BCUT2D eigenvalue weighted by atomic mass is 10.1. The SMILES string of the molecule is Nc1cccc(C(O)CN2CC3CCC2C3)c1. The summed E-state index contributed by atoms with van der Waals surface area (Å²) in [6.45, 7) is 1.93. The van der Waals surface area contributed by atoms with Gasteiger partial charge < -0.3 is 10.8 Å². The Kier molecular flexibility index (Phi) is 2.81. The molecule has 3 N–H and O–H groups in total. The number of nitrogens with two attached hydrogens (primary N) is 1. The minimum atomic E-state index is -0.405. The summed E-state index contributed by atoms with van der Waals surface area (Å²) in [5.74, 6) is 0.882. The molecule has 1 aromatic carbocycles. The molecule has 3 unspecified atom stereocenters. The fraction of sp³-hybridized carbons (Fsp3) is 0.571. The molecule has 1 aliphatic carbocycles. The van der Waals surface area contributed by atoms with Crippen LogP contribution in [0, 0.1) is 5.92 Å². The van der Waals surface area contributed by atoms with Gasteiger partial charge in [0.25, 0.3) is 0 Å². The zero-order chi connectivity index (χ0) is 11.8. The summed E-state index contributed by atoms with van der Waals surface area (Å²) < 4.78 is 0. The molecule has 0 amide bonds. The standard InChI is InChI=1S/C14H20N2O/c15-12-3-1-2-11(7-12)14(17)9-16-8-10-4-5-13(16)6-10/h1-3,7,10,13-14,17H,4-6,8-9,15H2. The molecule has 3 atom stereocenters. The number of nitrogen functional groups attached to an aromatic ring is 1. The summed E-state index contributed by atoms with van der Waals surface area (Å²) in [6, 6.07) is 8.31. The molecule has 3 heteroatoms. The molecule has 1 saturated carbocycles. The summed E-state index contributed by atoms with van der Waals surface area (Å²) in [6.07, 6.45) is 3.63. The van der Waals surface area contributed by atoms with Crippen molar-refractivity contribution in [1.82, 2.24) is 4.90 Å². The monoisotopic (exact) mass is 232 g/mol. The van der Waals surface area contributed by atoms with Crippen molar-refractivity contribution in [3.63, 3.8) is 0 Å². The van der Waals surface area contributed by atoms with E-state index in [9.17, 15) is 5.11 Å². The van der Waals surface area contributed by atoms with Gasteiger partial charge in [-0.3, -0.25) is 4.90 Å². The number of nitrogens with zero attached hydrogens (tertiary/aromatic N) is 1. The first-order valence-electron chi connectivity index (χ1n) is 6.50. The summed E-state index contributed by atoms with van der Waals surface area (Å²) in [5, 5.41) is 10.2. The van der Waals surface area contributed by atoms with Gasteiger partial charge in [-0.1, -0.05) is 12.1 Å². The number of hydrogen-bond acceptors (Lipinski definition) is 3. The Bertz CT molecular complexity index is 407. The van der Waals surface area contributed by atoms with Gasteiger partial charge in [-0.25, -0.2) is 0 Å². The Hall–Kier alpha value is -1.06. The van der Waals surface area contributed by atoms with Crippen LogP contribution < -0.4 is 5.73 Å². The Morgan fingerprint density at radius 1 is 1.41 bits per heavy atom. The number of benzene rings is 1. The van der Waals surface area contributed by atoms with Crippen LogP contribution in [0.5, 0.6) is 0 Å². The predicted molar refractivity (Wildman–Crippen MR) is 68.5 cm³/mol. The zero-order valence-electron chi connectivity index (χ0n) is 10.0. The average Bonchev–Trinajstić information content (AvgIpc) is 2.91. The topological polar surface area (TPSA) is 49.5 Å². The summed E-state index contributed by atoms with van der Waals surface area (Å²) in [5.41, 5.74) is 7.40. The van der Waals surface area contributed by atoms with Crippen LogP contribution in [-0.4, -0.2) is 29.1 Å². The van der Waals surface area contributed by atoms with E-state index in [-0.39, 0.29) is 0 Å². The van der Waals surface area contributed by atoms with E-state index in [1.807, 2.05) is 24.3 Å². The van der Waals surface area contributed by atoms with E-state index in [1.54, 1.807) is 0 Å². The van der Waals surface area contributed by atoms with Gasteiger partial charge in [0.05, 0.1) is 6.10 Å². The minimum Gasteiger partial charge on any atom is -0.399 e. The average molecular weight is 232 g/mol. The summed E-state index contributed by atoms with van der Waals surface area (Å²) in [7, 11) is 0. The lowest BCUT2D eigenvalue weighted by Crippen LogP contribution is -2.35. The van der Waals surface area contributed by atoms with E-state index in [4.69, 9.17) is 5.73 Å². The maximum atomic E-state index is 10.2. The molecular formula is C14H20N2O. The van der Waals surface area contributed by atoms with Crippen molar-refractivity contribution < 1.29 is 5.11 Å². The van der Waals surface area contributed by atoms with Crippen molar-refractivity contribution in [2.75, 3.05) is 18.8 Å². The maximum Gasteiger partial charge on any atom is 0.0917 e. The van der Waals surface area contributed by atoms with E-state index in [2.05, 4.69) is 4.90 Å². The van der Waals surface area contributed by atoms with Crippen LogP contribution in [0.4, 0.5) is 5.69 Å². The Morgan fingerprint density at radius 2 is 2.29 bits per heavy atom. The van der Waals surface area contributed by atoms with Crippen molar-refractivity contribution in [2.45, 2.75) is 31.4 Å². The molecular weight excluding hydrogens is 212 g/mol. The highest BCUT2D eigenvalue weighted by atomic mass is 16.3. The molecule has 1 saturated heterocycles. The zero-order valence-corrected chi connectivity index (χ0v) is 10.0. The molecule has 1 aromatic rings. The number of β-amino-alcohol motifs (C(OH)–C–C–N with tert-alkyl or cyclic N) is 1. The minimum absolute atomic E-state index is 0.405. The lowest BCUT2D eigenvalue weighted by molar-refractivity contribution is 0.0947. The molecule has 92 valence electrons. The molecule has 3 nitrogen and oxygen atoms in total. The molecule has 2 aliphatic rings. The van der Waals surface area contributed by atoms with Crippen LogP contribution in [-0.2, 0) is 0 Å². The van der Waals surface area contributed by atoms with E-state index in [0.29, 0.717) is 0 Å². The third-order valence-electron chi connectivity index (χ3n) is 4.23. The highest BCUT2D eigenvalue weighted by Crippen LogP contribution is 2.38. The van der Waals surface area contributed by atoms with Crippen LogP contribution in [0.1, 0.15) is 30.9 Å². The quantitative estimate of drug-likeness (QED) is 0.781. The van der Waals surface area contributed by atoms with Gasteiger partial charge in [0, 0.05) is 24.8 Å². The van der Waals surface area contributed by atoms with Crippen LogP contribution in [0.25, 0.3) is 0 Å². The lowest BCUT2D eigenvalue weighted by Gasteiger charge is -2.29. The molecule has 1 aliphatic heterocycles.